The summed E-state index contributed by atoms with van der Waals surface area (Å²) in [6, 6.07) is 21.6. The van der Waals surface area contributed by atoms with Gasteiger partial charge < -0.3 is 41.0 Å². The van der Waals surface area contributed by atoms with Crippen molar-refractivity contribution in [3.05, 3.63) is 77.0 Å². The number of anilines is 2. The minimum Gasteiger partial charge on any atom is -1.00 e. The quantitative estimate of drug-likeness (QED) is 0.226. The molecule has 210 valence electrons. The molecule has 0 aliphatic carbocycles. The van der Waals surface area contributed by atoms with Gasteiger partial charge >= 0.3 is 11.9 Å². The van der Waals surface area contributed by atoms with Crippen molar-refractivity contribution < 1.29 is 45.3 Å². The van der Waals surface area contributed by atoms with Crippen molar-refractivity contribution in [2.24, 2.45) is 5.92 Å². The first-order valence-electron chi connectivity index (χ1n) is 13.2. The number of carbonyl (C=O) groups is 2. The number of hydrogen-bond acceptors (Lipinski definition) is 7. The average Bonchev–Trinajstić information content (AvgIpc) is 3.40. The second-order valence-electron chi connectivity index (χ2n) is 9.84. The van der Waals surface area contributed by atoms with Gasteiger partial charge in [0.05, 0.1) is 39.0 Å². The van der Waals surface area contributed by atoms with E-state index in [4.69, 9.17) is 14.2 Å². The molecular formula is C30H37BrN2O5S. The Labute approximate surface area is 245 Å². The number of hydrogen-bond donors (Lipinski definition) is 1. The molecule has 2 aromatic carbocycles. The zero-order valence-electron chi connectivity index (χ0n) is 22.5. The average molecular weight is 618 g/mol. The number of fused-ring (bicyclic) bond motifs is 3. The van der Waals surface area contributed by atoms with Gasteiger partial charge in [-0.15, -0.1) is 11.3 Å². The second-order valence-corrected chi connectivity index (χ2v) is 10.8. The number of nitrogens with zero attached hydrogens (tertiary/aromatic N) is 1. The minimum absolute atomic E-state index is 0. The van der Waals surface area contributed by atoms with Crippen LogP contribution < -0.4 is 27.0 Å². The Morgan fingerprint density at radius 3 is 2.31 bits per heavy atom. The number of halogens is 1. The number of ether oxygens (including phenoxy) is 3. The van der Waals surface area contributed by atoms with Crippen molar-refractivity contribution in [3.8, 4) is 5.75 Å². The summed E-state index contributed by atoms with van der Waals surface area (Å²) < 4.78 is 17.1. The molecule has 4 heterocycles. The van der Waals surface area contributed by atoms with Crippen LogP contribution in [0.2, 0.25) is 0 Å². The van der Waals surface area contributed by atoms with Crippen LogP contribution in [0.1, 0.15) is 35.9 Å². The number of piperidine rings is 3. The third-order valence-electron chi connectivity index (χ3n) is 7.24. The van der Waals surface area contributed by atoms with Crippen molar-refractivity contribution in [2.75, 3.05) is 45.2 Å². The van der Waals surface area contributed by atoms with Crippen molar-refractivity contribution in [2.45, 2.75) is 32.3 Å². The molecule has 7 nitrogen and oxygen atoms in total. The number of nitrogens with one attached hydrogen (secondary N) is 1. The van der Waals surface area contributed by atoms with E-state index < -0.39 is 0 Å². The van der Waals surface area contributed by atoms with Gasteiger partial charge in [0.1, 0.15) is 17.2 Å². The Hall–Kier alpha value is -2.88. The molecule has 1 N–H and O–H groups in total. The number of methoxy groups -OCH3 is 1. The smallest absolute Gasteiger partial charge is 0.350 e. The summed E-state index contributed by atoms with van der Waals surface area (Å²) in [4.78, 5) is 23.3. The Bertz CT molecular complexity index is 1170. The number of carbonyl (C=O) groups excluding carboxylic acids is 2. The molecule has 0 radical (unpaired) electrons. The van der Waals surface area contributed by atoms with Crippen LogP contribution >= 0.6 is 11.3 Å². The molecule has 3 aliphatic rings. The fourth-order valence-corrected chi connectivity index (χ4v) is 6.09. The lowest BCUT2D eigenvalue weighted by Crippen LogP contribution is -3.00. The summed E-state index contributed by atoms with van der Waals surface area (Å²) in [5.41, 5.74) is 1.73. The molecule has 9 heteroatoms. The van der Waals surface area contributed by atoms with Crippen LogP contribution in [-0.2, 0) is 14.3 Å². The van der Waals surface area contributed by atoms with Crippen molar-refractivity contribution in [1.82, 2.24) is 0 Å². The van der Waals surface area contributed by atoms with Gasteiger partial charge in [0.2, 0.25) is 0 Å². The summed E-state index contributed by atoms with van der Waals surface area (Å²) in [6.07, 6.45) is 3.57. The van der Waals surface area contributed by atoms with Crippen molar-refractivity contribution in [3.63, 3.8) is 0 Å². The Balaban J connectivity index is 0.000000220. The molecular weight excluding hydrogens is 580 g/mol. The van der Waals surface area contributed by atoms with Crippen molar-refractivity contribution >= 4 is 34.7 Å². The van der Waals surface area contributed by atoms with Crippen LogP contribution in [0.5, 0.6) is 5.75 Å². The van der Waals surface area contributed by atoms with Gasteiger partial charge in [-0.3, -0.25) is 4.79 Å². The van der Waals surface area contributed by atoms with E-state index in [1.165, 1.54) is 51.3 Å². The fourth-order valence-electron chi connectivity index (χ4n) is 5.32. The summed E-state index contributed by atoms with van der Waals surface area (Å²) in [7, 11) is 1.38. The SMILES string of the molecule is CC(=O)O[C@H]1C[N+]2(CCCOc3ccccc3)CCC1CC2.COC(=O)c1sccc1Nc1ccccc1.[Br-]. The Morgan fingerprint density at radius 1 is 1.00 bits per heavy atom. The van der Waals surface area contributed by atoms with E-state index in [2.05, 4.69) is 5.32 Å². The predicted molar refractivity (Wildman–Crippen MR) is 150 cm³/mol. The van der Waals surface area contributed by atoms with Gasteiger partial charge in [0.25, 0.3) is 0 Å². The first-order valence-corrected chi connectivity index (χ1v) is 14.0. The number of benzene rings is 2. The lowest BCUT2D eigenvalue weighted by atomic mass is 9.83. The molecule has 3 aromatic rings. The molecule has 0 saturated carbocycles. The molecule has 0 unspecified atom stereocenters. The highest BCUT2D eigenvalue weighted by Crippen LogP contribution is 2.35. The Morgan fingerprint density at radius 2 is 1.67 bits per heavy atom. The van der Waals surface area contributed by atoms with Crippen LogP contribution in [0.25, 0.3) is 0 Å². The summed E-state index contributed by atoms with van der Waals surface area (Å²) in [6.45, 7) is 6.86. The molecule has 1 atom stereocenters. The monoisotopic (exact) mass is 616 g/mol. The molecule has 6 rings (SSSR count). The molecule has 1 aromatic heterocycles. The molecule has 39 heavy (non-hydrogen) atoms. The zero-order valence-corrected chi connectivity index (χ0v) is 24.9. The number of rotatable bonds is 9. The van der Waals surface area contributed by atoms with E-state index in [-0.39, 0.29) is 35.0 Å². The number of esters is 2. The van der Waals surface area contributed by atoms with Crippen LogP contribution in [0.15, 0.2) is 72.1 Å². The highest BCUT2D eigenvalue weighted by atomic mass is 79.9. The van der Waals surface area contributed by atoms with Gasteiger partial charge in [-0.1, -0.05) is 36.4 Å². The van der Waals surface area contributed by atoms with Gasteiger partial charge in [0, 0.05) is 37.8 Å². The number of quaternary nitrogens is 1. The maximum Gasteiger partial charge on any atom is 0.350 e. The predicted octanol–water partition coefficient (Wildman–Crippen LogP) is 2.91. The molecule has 3 fully saturated rings. The lowest BCUT2D eigenvalue weighted by molar-refractivity contribution is -0.946. The standard InChI is InChI=1S/C18H26NO3.C12H11NO2S.BrH/c1-15(20)22-18-14-19(11-8-16(18)9-12-19)10-5-13-21-17-6-3-2-4-7-17;1-15-12(14)11-10(7-8-16-11)13-9-5-3-2-4-6-9;/h2-4,6-7,16,18H,5,8-14H2,1H3;2-8,13H,1H3;1H/q+1;;/p-1/t16?,18-,19?;;/m0../s1. The largest absolute Gasteiger partial charge is 1.00 e. The Kier molecular flexibility index (Phi) is 11.8. The first-order chi connectivity index (χ1) is 18.5. The number of para-hydroxylation sites is 2. The maximum atomic E-state index is 11.4. The second kappa shape index (κ2) is 15.1. The van der Waals surface area contributed by atoms with Crippen LogP contribution in [-0.4, -0.2) is 62.4 Å². The maximum absolute atomic E-state index is 11.4. The molecule has 0 amide bonds. The van der Waals surface area contributed by atoms with E-state index in [1.807, 2.05) is 72.1 Å². The topological polar surface area (TPSA) is 73.9 Å². The van der Waals surface area contributed by atoms with E-state index in [1.54, 1.807) is 0 Å². The molecule has 2 bridgehead atoms. The first kappa shape index (κ1) is 30.7. The minimum atomic E-state index is -0.312. The third kappa shape index (κ3) is 8.81. The van der Waals surface area contributed by atoms with Crippen LogP contribution in [0.3, 0.4) is 0 Å². The van der Waals surface area contributed by atoms with Crippen molar-refractivity contribution in [1.29, 1.82) is 0 Å². The molecule has 3 aliphatic heterocycles. The van der Waals surface area contributed by atoms with E-state index in [0.29, 0.717) is 10.8 Å². The van der Waals surface area contributed by atoms with Gasteiger partial charge in [0.15, 0.2) is 6.10 Å². The van der Waals surface area contributed by atoms with Crippen LogP contribution in [0, 0.1) is 5.92 Å². The summed E-state index contributed by atoms with van der Waals surface area (Å²) in [5.74, 6) is 1.08. The number of thiophene rings is 1. The van der Waals surface area contributed by atoms with E-state index >= 15 is 0 Å². The summed E-state index contributed by atoms with van der Waals surface area (Å²) >= 11 is 1.36. The van der Waals surface area contributed by atoms with Gasteiger partial charge in [-0.2, -0.15) is 0 Å². The highest BCUT2D eigenvalue weighted by molar-refractivity contribution is 7.12. The highest BCUT2D eigenvalue weighted by Gasteiger charge is 2.46. The fraction of sp³-hybridized carbons (Fsp3) is 0.400. The van der Waals surface area contributed by atoms with E-state index in [9.17, 15) is 9.59 Å². The molecule has 0 spiro atoms. The van der Waals surface area contributed by atoms with Gasteiger partial charge in [-0.25, -0.2) is 4.79 Å². The van der Waals surface area contributed by atoms with Gasteiger partial charge in [-0.05, 0) is 35.7 Å². The third-order valence-corrected chi connectivity index (χ3v) is 8.13. The van der Waals surface area contributed by atoms with Crippen LogP contribution in [0.4, 0.5) is 11.4 Å². The molecule has 3 saturated heterocycles. The lowest BCUT2D eigenvalue weighted by Gasteiger charge is -2.52. The zero-order chi connectivity index (χ0) is 26.8. The normalized spacial score (nSPS) is 21.0. The summed E-state index contributed by atoms with van der Waals surface area (Å²) in [5, 5.41) is 5.04. The van der Waals surface area contributed by atoms with E-state index in [0.717, 1.165) is 47.7 Å².